The Kier molecular flexibility index (Phi) is 2.14. The van der Waals surface area contributed by atoms with Crippen LogP contribution in [0.4, 0.5) is 0 Å². The summed E-state index contributed by atoms with van der Waals surface area (Å²) in [7, 11) is 0. The zero-order valence-corrected chi connectivity index (χ0v) is 9.13. The van der Waals surface area contributed by atoms with Gasteiger partial charge in [-0.15, -0.1) is 0 Å². The monoisotopic (exact) mass is 235 g/mol. The normalized spacial score (nSPS) is 13.0. The van der Waals surface area contributed by atoms with Crippen LogP contribution in [0.15, 0.2) is 18.2 Å². The van der Waals surface area contributed by atoms with Crippen molar-refractivity contribution in [2.24, 2.45) is 0 Å². The minimum absolute atomic E-state index is 0.295. The Morgan fingerprint density at radius 2 is 2.12 bits per heavy atom. The molecule has 0 bridgehead atoms. The molecule has 1 aliphatic heterocycles. The highest BCUT2D eigenvalue weighted by Crippen LogP contribution is 2.32. The molecule has 0 saturated heterocycles. The zero-order chi connectivity index (χ0) is 11.0. The Balaban J connectivity index is 1.88. The van der Waals surface area contributed by atoms with Gasteiger partial charge in [0.1, 0.15) is 5.82 Å². The van der Waals surface area contributed by atoms with Crippen LogP contribution in [0, 0.1) is 4.77 Å². The molecule has 1 aromatic carbocycles. The molecule has 0 radical (unpaired) electrons. The van der Waals surface area contributed by atoms with Gasteiger partial charge in [0, 0.05) is 6.42 Å². The third kappa shape index (κ3) is 1.67. The summed E-state index contributed by atoms with van der Waals surface area (Å²) < 4.78 is 11.0. The van der Waals surface area contributed by atoms with Crippen molar-refractivity contribution in [1.29, 1.82) is 0 Å². The Hall–Kier alpha value is -1.82. The predicted molar refractivity (Wildman–Crippen MR) is 59.1 cm³/mol. The molecule has 1 aromatic heterocycles. The molecule has 0 atom stereocenters. The van der Waals surface area contributed by atoms with Crippen molar-refractivity contribution >= 4 is 12.2 Å². The number of hydrogen-bond acceptors (Lipinski definition) is 4. The van der Waals surface area contributed by atoms with Crippen molar-refractivity contribution in [1.82, 2.24) is 15.2 Å². The Morgan fingerprint density at radius 3 is 2.94 bits per heavy atom. The quantitative estimate of drug-likeness (QED) is 0.779. The van der Waals surface area contributed by atoms with Crippen molar-refractivity contribution in [3.63, 3.8) is 0 Å². The molecule has 1 aliphatic rings. The lowest BCUT2D eigenvalue weighted by atomic mass is 10.1. The van der Waals surface area contributed by atoms with Gasteiger partial charge in [-0.1, -0.05) is 6.07 Å². The lowest BCUT2D eigenvalue weighted by Crippen LogP contribution is -1.93. The molecule has 5 nitrogen and oxygen atoms in total. The van der Waals surface area contributed by atoms with Crippen LogP contribution in [0.2, 0.25) is 0 Å². The van der Waals surface area contributed by atoms with Crippen LogP contribution in [0.25, 0.3) is 0 Å². The number of benzene rings is 1. The van der Waals surface area contributed by atoms with Crippen LogP contribution in [0.5, 0.6) is 11.5 Å². The van der Waals surface area contributed by atoms with E-state index in [0.717, 1.165) is 22.9 Å². The fraction of sp³-hybridized carbons (Fsp3) is 0.200. The van der Waals surface area contributed by atoms with E-state index in [4.69, 9.17) is 21.7 Å². The summed E-state index contributed by atoms with van der Waals surface area (Å²) in [6.45, 7) is 0.295. The second kappa shape index (κ2) is 3.64. The third-order valence-corrected chi connectivity index (χ3v) is 2.55. The number of ether oxygens (including phenoxy) is 2. The van der Waals surface area contributed by atoms with Gasteiger partial charge in [0.05, 0.1) is 0 Å². The number of fused-ring (bicyclic) bond motifs is 1. The Morgan fingerprint density at radius 1 is 1.25 bits per heavy atom. The third-order valence-electron chi connectivity index (χ3n) is 2.36. The van der Waals surface area contributed by atoms with Crippen LogP contribution in [-0.2, 0) is 6.42 Å². The first-order valence-electron chi connectivity index (χ1n) is 4.83. The summed E-state index contributed by atoms with van der Waals surface area (Å²) in [5.41, 5.74) is 1.10. The summed E-state index contributed by atoms with van der Waals surface area (Å²) in [4.78, 5) is 4.13. The van der Waals surface area contributed by atoms with Crippen LogP contribution < -0.4 is 9.47 Å². The molecule has 0 amide bonds. The van der Waals surface area contributed by atoms with Gasteiger partial charge in [0.15, 0.2) is 11.5 Å². The number of hydrogen-bond donors (Lipinski definition) is 2. The Labute approximate surface area is 96.4 Å². The smallest absolute Gasteiger partial charge is 0.231 e. The van der Waals surface area contributed by atoms with E-state index in [2.05, 4.69) is 15.2 Å². The van der Waals surface area contributed by atoms with Crippen molar-refractivity contribution in [3.8, 4) is 11.5 Å². The van der Waals surface area contributed by atoms with Crippen LogP contribution in [0.3, 0.4) is 0 Å². The average Bonchev–Trinajstić information content (AvgIpc) is 2.87. The molecule has 16 heavy (non-hydrogen) atoms. The summed E-state index contributed by atoms with van der Waals surface area (Å²) in [6.07, 6.45) is 0.684. The standard InChI is InChI=1S/C10H9N3O2S/c16-10-11-9(12-13-10)4-6-1-2-7-8(3-6)15-5-14-7/h1-3H,4-5H2,(H2,11,12,13,16). The van der Waals surface area contributed by atoms with Crippen LogP contribution >= 0.6 is 12.2 Å². The minimum atomic E-state index is 0.295. The summed E-state index contributed by atoms with van der Waals surface area (Å²) in [6, 6.07) is 5.84. The number of aromatic amines is 2. The maximum absolute atomic E-state index is 5.30. The highest BCUT2D eigenvalue weighted by Gasteiger charge is 2.13. The highest BCUT2D eigenvalue weighted by atomic mass is 32.1. The molecular weight excluding hydrogens is 226 g/mol. The molecule has 0 fully saturated rings. The largest absolute Gasteiger partial charge is 0.454 e. The summed E-state index contributed by atoms with van der Waals surface area (Å²) in [5, 5.41) is 5.67. The van der Waals surface area contributed by atoms with Crippen LogP contribution in [0.1, 0.15) is 11.4 Å². The highest BCUT2D eigenvalue weighted by molar-refractivity contribution is 7.71. The molecule has 2 N–H and O–H groups in total. The van der Waals surface area contributed by atoms with Gasteiger partial charge in [0.25, 0.3) is 0 Å². The number of H-pyrrole nitrogens is 2. The van der Waals surface area contributed by atoms with E-state index >= 15 is 0 Å². The minimum Gasteiger partial charge on any atom is -0.454 e. The molecule has 2 aromatic rings. The van der Waals surface area contributed by atoms with Crippen molar-refractivity contribution in [2.45, 2.75) is 6.42 Å². The average molecular weight is 235 g/mol. The number of nitrogens with zero attached hydrogens (tertiary/aromatic N) is 1. The second-order valence-corrected chi connectivity index (χ2v) is 3.86. The SMILES string of the molecule is S=c1nc(Cc2ccc3c(c2)OCO3)[nH][nH]1. The van der Waals surface area contributed by atoms with E-state index < -0.39 is 0 Å². The van der Waals surface area contributed by atoms with Gasteiger partial charge < -0.3 is 9.47 Å². The molecule has 82 valence electrons. The number of rotatable bonds is 2. The maximum Gasteiger partial charge on any atom is 0.231 e. The molecular formula is C10H9N3O2S. The molecule has 2 heterocycles. The number of aromatic nitrogens is 3. The van der Waals surface area contributed by atoms with Crippen molar-refractivity contribution in [2.75, 3.05) is 6.79 Å². The van der Waals surface area contributed by atoms with Gasteiger partial charge in [-0.05, 0) is 29.9 Å². The van der Waals surface area contributed by atoms with Gasteiger partial charge in [-0.2, -0.15) is 0 Å². The first-order valence-corrected chi connectivity index (χ1v) is 5.24. The summed E-state index contributed by atoms with van der Waals surface area (Å²) in [5.74, 6) is 2.38. The lowest BCUT2D eigenvalue weighted by molar-refractivity contribution is 0.174. The number of nitrogens with one attached hydrogen (secondary N) is 2. The second-order valence-electron chi connectivity index (χ2n) is 3.48. The lowest BCUT2D eigenvalue weighted by Gasteiger charge is -2.00. The molecule has 6 heteroatoms. The van der Waals surface area contributed by atoms with Gasteiger partial charge >= 0.3 is 0 Å². The fourth-order valence-corrected chi connectivity index (χ4v) is 1.79. The van der Waals surface area contributed by atoms with Gasteiger partial charge in [0.2, 0.25) is 11.6 Å². The topological polar surface area (TPSA) is 62.9 Å². The molecule has 0 unspecified atom stereocenters. The van der Waals surface area contributed by atoms with Crippen molar-refractivity contribution in [3.05, 3.63) is 34.4 Å². The Bertz CT molecular complexity index is 575. The van der Waals surface area contributed by atoms with E-state index in [1.807, 2.05) is 18.2 Å². The van der Waals surface area contributed by atoms with Gasteiger partial charge in [-0.3, -0.25) is 10.2 Å². The molecule has 0 aliphatic carbocycles. The molecule has 3 rings (SSSR count). The van der Waals surface area contributed by atoms with E-state index in [9.17, 15) is 0 Å². The van der Waals surface area contributed by atoms with E-state index in [1.54, 1.807) is 0 Å². The summed E-state index contributed by atoms with van der Waals surface area (Å²) >= 11 is 4.89. The van der Waals surface area contributed by atoms with Gasteiger partial charge in [-0.25, -0.2) is 4.98 Å². The predicted octanol–water partition coefficient (Wildman–Crippen LogP) is 1.79. The molecule has 0 saturated carbocycles. The van der Waals surface area contributed by atoms with Crippen LogP contribution in [-0.4, -0.2) is 22.0 Å². The van der Waals surface area contributed by atoms with E-state index in [-0.39, 0.29) is 0 Å². The zero-order valence-electron chi connectivity index (χ0n) is 8.32. The maximum atomic E-state index is 5.30. The van der Waals surface area contributed by atoms with E-state index in [1.165, 1.54) is 0 Å². The van der Waals surface area contributed by atoms with E-state index in [0.29, 0.717) is 18.0 Å². The first kappa shape index (κ1) is 9.41. The van der Waals surface area contributed by atoms with Crippen molar-refractivity contribution < 1.29 is 9.47 Å². The molecule has 0 spiro atoms. The fourth-order valence-electron chi connectivity index (χ4n) is 1.63. The first-order chi connectivity index (χ1) is 7.81.